The van der Waals surface area contributed by atoms with Gasteiger partial charge in [0.05, 0.1) is 0 Å². The van der Waals surface area contributed by atoms with E-state index >= 15 is 0 Å². The SMILES string of the molecule is [C]1=CC=CCC=CC=CCC1. The summed E-state index contributed by atoms with van der Waals surface area (Å²) in [7, 11) is 0. The highest BCUT2D eigenvalue weighted by Gasteiger charge is 1.76. The fourth-order valence-electron chi connectivity index (χ4n) is 0.875. The van der Waals surface area contributed by atoms with Crippen molar-refractivity contribution in [3.8, 4) is 0 Å². The highest BCUT2D eigenvalue weighted by atomic mass is 13.8. The van der Waals surface area contributed by atoms with E-state index in [1.165, 1.54) is 0 Å². The van der Waals surface area contributed by atoms with Gasteiger partial charge in [0.25, 0.3) is 0 Å². The zero-order valence-electron chi connectivity index (χ0n) is 6.66. The number of hydrogen-bond acceptors (Lipinski definition) is 0. The van der Waals surface area contributed by atoms with Gasteiger partial charge in [-0.05, 0) is 25.3 Å². The van der Waals surface area contributed by atoms with Crippen LogP contribution < -0.4 is 0 Å². The zero-order chi connectivity index (χ0) is 7.78. The van der Waals surface area contributed by atoms with Crippen LogP contribution in [0.1, 0.15) is 19.3 Å². The minimum Gasteiger partial charge on any atom is -0.0842 e. The van der Waals surface area contributed by atoms with Crippen LogP contribution in [0.2, 0.25) is 0 Å². The molecular formula is C11H13. The maximum Gasteiger partial charge on any atom is -0.0163 e. The highest BCUT2D eigenvalue weighted by molar-refractivity contribution is 5.08. The number of hydrogen-bond donors (Lipinski definition) is 0. The van der Waals surface area contributed by atoms with Crippen molar-refractivity contribution in [1.82, 2.24) is 0 Å². The van der Waals surface area contributed by atoms with Gasteiger partial charge in [0, 0.05) is 0 Å². The molecule has 57 valence electrons. The van der Waals surface area contributed by atoms with Crippen LogP contribution in [0.25, 0.3) is 0 Å². The van der Waals surface area contributed by atoms with Gasteiger partial charge in [-0.1, -0.05) is 42.5 Å². The smallest absolute Gasteiger partial charge is 0.0163 e. The van der Waals surface area contributed by atoms with E-state index in [-0.39, 0.29) is 0 Å². The van der Waals surface area contributed by atoms with E-state index in [2.05, 4.69) is 42.5 Å². The van der Waals surface area contributed by atoms with Crippen LogP contribution in [0.4, 0.5) is 0 Å². The molecule has 0 bridgehead atoms. The average molecular weight is 145 g/mol. The van der Waals surface area contributed by atoms with E-state index in [1.54, 1.807) is 0 Å². The van der Waals surface area contributed by atoms with E-state index in [0.29, 0.717) is 0 Å². The summed E-state index contributed by atoms with van der Waals surface area (Å²) in [5.41, 5.74) is 0. The molecular weight excluding hydrogens is 132 g/mol. The van der Waals surface area contributed by atoms with Crippen molar-refractivity contribution in [3.05, 3.63) is 48.6 Å². The topological polar surface area (TPSA) is 0 Å². The summed E-state index contributed by atoms with van der Waals surface area (Å²) in [6.07, 6.45) is 21.0. The summed E-state index contributed by atoms with van der Waals surface area (Å²) in [5, 5.41) is 0. The molecule has 0 nitrogen and oxygen atoms in total. The van der Waals surface area contributed by atoms with E-state index in [0.717, 1.165) is 19.3 Å². The van der Waals surface area contributed by atoms with Crippen LogP contribution >= 0.6 is 0 Å². The van der Waals surface area contributed by atoms with Gasteiger partial charge in [-0.2, -0.15) is 0 Å². The molecule has 1 aliphatic carbocycles. The molecule has 0 heteroatoms. The van der Waals surface area contributed by atoms with Crippen molar-refractivity contribution in [2.45, 2.75) is 19.3 Å². The molecule has 0 unspecified atom stereocenters. The molecule has 0 aromatic heterocycles. The molecule has 0 fully saturated rings. The van der Waals surface area contributed by atoms with Crippen LogP contribution in [0, 0.1) is 6.08 Å². The Balaban J connectivity index is 2.47. The molecule has 0 aromatic carbocycles. The van der Waals surface area contributed by atoms with Gasteiger partial charge in [-0.15, -0.1) is 0 Å². The molecule has 0 saturated heterocycles. The molecule has 0 saturated carbocycles. The molecule has 0 aliphatic heterocycles. The first kappa shape index (κ1) is 8.06. The average Bonchev–Trinajstić information content (AvgIpc) is 2.08. The van der Waals surface area contributed by atoms with Crippen molar-refractivity contribution in [2.24, 2.45) is 0 Å². The highest BCUT2D eigenvalue weighted by Crippen LogP contribution is 1.96. The Morgan fingerprint density at radius 2 is 1.73 bits per heavy atom. The quantitative estimate of drug-likeness (QED) is 0.491. The van der Waals surface area contributed by atoms with Gasteiger partial charge >= 0.3 is 0 Å². The first-order valence-electron chi connectivity index (χ1n) is 4.03. The second kappa shape index (κ2) is 5.72. The molecule has 0 amide bonds. The second-order valence-electron chi connectivity index (χ2n) is 2.43. The van der Waals surface area contributed by atoms with Crippen molar-refractivity contribution in [1.29, 1.82) is 0 Å². The number of allylic oxidation sites excluding steroid dienone is 8. The van der Waals surface area contributed by atoms with Crippen molar-refractivity contribution in [2.75, 3.05) is 0 Å². The summed E-state index contributed by atoms with van der Waals surface area (Å²) in [6.45, 7) is 0. The first-order valence-corrected chi connectivity index (χ1v) is 4.03. The standard InChI is InChI=1S/C11H13/c1-2-4-6-8-10-11-9-7-5-3-1/h1-4,7,9,11H,5-6,8H2. The Bertz CT molecular complexity index is 170. The lowest BCUT2D eigenvalue weighted by Crippen LogP contribution is -1.63. The van der Waals surface area contributed by atoms with Crippen LogP contribution in [-0.2, 0) is 0 Å². The zero-order valence-corrected chi connectivity index (χ0v) is 6.66. The second-order valence-corrected chi connectivity index (χ2v) is 2.43. The molecule has 0 atom stereocenters. The van der Waals surface area contributed by atoms with Crippen molar-refractivity contribution < 1.29 is 0 Å². The predicted octanol–water partition coefficient (Wildman–Crippen LogP) is 3.20. The fraction of sp³-hybridized carbons (Fsp3) is 0.273. The lowest BCUT2D eigenvalue weighted by atomic mass is 10.2. The van der Waals surface area contributed by atoms with Crippen molar-refractivity contribution in [3.63, 3.8) is 0 Å². The predicted molar refractivity (Wildman–Crippen MR) is 49.1 cm³/mol. The summed E-state index contributed by atoms with van der Waals surface area (Å²) in [5.74, 6) is 0. The van der Waals surface area contributed by atoms with E-state index in [4.69, 9.17) is 0 Å². The first-order chi connectivity index (χ1) is 5.50. The number of rotatable bonds is 0. The summed E-state index contributed by atoms with van der Waals surface area (Å²) in [6, 6.07) is 0. The Morgan fingerprint density at radius 1 is 0.909 bits per heavy atom. The molecule has 0 spiro atoms. The molecule has 0 heterocycles. The minimum atomic E-state index is 1.02. The summed E-state index contributed by atoms with van der Waals surface area (Å²) < 4.78 is 0. The monoisotopic (exact) mass is 145 g/mol. The van der Waals surface area contributed by atoms with Gasteiger partial charge in [-0.25, -0.2) is 0 Å². The largest absolute Gasteiger partial charge is 0.0842 e. The molecule has 1 rings (SSSR count). The van der Waals surface area contributed by atoms with Crippen molar-refractivity contribution >= 4 is 0 Å². The third kappa shape index (κ3) is 4.38. The molecule has 1 radical (unpaired) electrons. The Morgan fingerprint density at radius 3 is 2.73 bits per heavy atom. The molecule has 1 aliphatic rings. The van der Waals surface area contributed by atoms with Gasteiger partial charge in [0.15, 0.2) is 0 Å². The third-order valence-electron chi connectivity index (χ3n) is 1.46. The minimum absolute atomic E-state index is 1.02. The Labute approximate surface area is 68.6 Å². The maximum absolute atomic E-state index is 3.19. The normalized spacial score (nSPS) is 18.2. The third-order valence-corrected chi connectivity index (χ3v) is 1.46. The molecule has 0 N–H and O–H groups in total. The van der Waals surface area contributed by atoms with Crippen LogP contribution in [0.3, 0.4) is 0 Å². The van der Waals surface area contributed by atoms with Crippen LogP contribution in [0.5, 0.6) is 0 Å². The Hall–Kier alpha value is -1.04. The van der Waals surface area contributed by atoms with E-state index < -0.39 is 0 Å². The van der Waals surface area contributed by atoms with Gasteiger partial charge in [-0.3, -0.25) is 0 Å². The van der Waals surface area contributed by atoms with Gasteiger partial charge in [0.2, 0.25) is 0 Å². The van der Waals surface area contributed by atoms with Gasteiger partial charge < -0.3 is 0 Å². The van der Waals surface area contributed by atoms with Crippen LogP contribution in [-0.4, -0.2) is 0 Å². The summed E-state index contributed by atoms with van der Waals surface area (Å²) >= 11 is 0. The lowest BCUT2D eigenvalue weighted by Gasteiger charge is -1.81. The molecule has 11 heavy (non-hydrogen) atoms. The fourth-order valence-corrected chi connectivity index (χ4v) is 0.875. The maximum atomic E-state index is 3.19. The summed E-state index contributed by atoms with van der Waals surface area (Å²) in [4.78, 5) is 0. The van der Waals surface area contributed by atoms with Crippen LogP contribution in [0.15, 0.2) is 42.5 Å². The Kier molecular flexibility index (Phi) is 4.19. The van der Waals surface area contributed by atoms with Gasteiger partial charge in [0.1, 0.15) is 0 Å². The lowest BCUT2D eigenvalue weighted by molar-refractivity contribution is 1.03. The molecule has 0 aromatic rings. The van der Waals surface area contributed by atoms with E-state index in [1.807, 2.05) is 6.08 Å². The van der Waals surface area contributed by atoms with E-state index in [9.17, 15) is 0 Å².